The molecule has 1 rings (SSSR count). The molecule has 6 heteroatoms. The maximum atomic E-state index is 10.5. The highest BCUT2D eigenvalue weighted by Crippen LogP contribution is 2.15. The lowest BCUT2D eigenvalue weighted by Gasteiger charge is -2.22. The Morgan fingerprint density at radius 2 is 2.22 bits per heavy atom. The number of rotatable bonds is 7. The highest BCUT2D eigenvalue weighted by molar-refractivity contribution is 5.44. The van der Waals surface area contributed by atoms with Crippen molar-refractivity contribution in [1.29, 1.82) is 0 Å². The van der Waals surface area contributed by atoms with Gasteiger partial charge in [0.15, 0.2) is 6.20 Å². The molecule has 1 atom stereocenters. The van der Waals surface area contributed by atoms with Crippen molar-refractivity contribution in [3.63, 3.8) is 0 Å². The molecule has 0 aliphatic rings. The van der Waals surface area contributed by atoms with E-state index in [2.05, 4.69) is 24.1 Å². The number of nitrogens with one attached hydrogen (secondary N) is 1. The molecule has 0 fully saturated rings. The summed E-state index contributed by atoms with van der Waals surface area (Å²) in [5, 5.41) is 13.8. The normalized spacial score (nSPS) is 12.4. The monoisotopic (exact) mass is 253 g/mol. The molecule has 18 heavy (non-hydrogen) atoms. The molecule has 1 unspecified atom stereocenters. The zero-order valence-corrected chi connectivity index (χ0v) is 10.9. The van der Waals surface area contributed by atoms with Gasteiger partial charge in [0.25, 0.3) is 0 Å². The average molecular weight is 253 g/mol. The number of hydrogen-bond acceptors (Lipinski definition) is 5. The Hall–Kier alpha value is -1.69. The maximum absolute atomic E-state index is 10.5. The van der Waals surface area contributed by atoms with Crippen LogP contribution in [0.1, 0.15) is 20.8 Å². The highest BCUT2D eigenvalue weighted by atomic mass is 16.6. The number of hydrogen-bond donors (Lipinski definition) is 1. The SMILES string of the molecule is CCOCC(Nc1ccc([N+](=O)[O-])nc1)C(C)C. The number of aromatic nitrogens is 1. The third-order valence-corrected chi connectivity index (χ3v) is 2.59. The average Bonchev–Trinajstić information content (AvgIpc) is 2.34. The summed E-state index contributed by atoms with van der Waals surface area (Å²) in [4.78, 5) is 13.7. The van der Waals surface area contributed by atoms with Crippen molar-refractivity contribution in [2.24, 2.45) is 5.92 Å². The molecule has 0 spiro atoms. The predicted molar refractivity (Wildman–Crippen MR) is 69.6 cm³/mol. The lowest BCUT2D eigenvalue weighted by Crippen LogP contribution is -2.30. The second-order valence-corrected chi connectivity index (χ2v) is 4.32. The number of nitrogens with zero attached hydrogens (tertiary/aromatic N) is 2. The largest absolute Gasteiger partial charge is 0.380 e. The van der Waals surface area contributed by atoms with Gasteiger partial charge in [-0.25, -0.2) is 0 Å². The molecule has 6 nitrogen and oxygen atoms in total. The van der Waals surface area contributed by atoms with Crippen LogP contribution in [-0.4, -0.2) is 29.2 Å². The van der Waals surface area contributed by atoms with E-state index in [1.165, 1.54) is 12.3 Å². The maximum Gasteiger partial charge on any atom is 0.363 e. The number of nitro groups is 1. The Morgan fingerprint density at radius 3 is 2.67 bits per heavy atom. The molecule has 100 valence electrons. The topological polar surface area (TPSA) is 77.3 Å². The molecule has 0 saturated carbocycles. The van der Waals surface area contributed by atoms with Crippen LogP contribution in [0.4, 0.5) is 11.5 Å². The van der Waals surface area contributed by atoms with E-state index in [0.29, 0.717) is 19.1 Å². The van der Waals surface area contributed by atoms with E-state index in [1.54, 1.807) is 6.07 Å². The van der Waals surface area contributed by atoms with Gasteiger partial charge in [0.05, 0.1) is 18.3 Å². The zero-order valence-electron chi connectivity index (χ0n) is 10.9. The zero-order chi connectivity index (χ0) is 13.5. The van der Waals surface area contributed by atoms with E-state index in [0.717, 1.165) is 5.69 Å². The van der Waals surface area contributed by atoms with Crippen molar-refractivity contribution in [2.75, 3.05) is 18.5 Å². The van der Waals surface area contributed by atoms with E-state index >= 15 is 0 Å². The van der Waals surface area contributed by atoms with Crippen molar-refractivity contribution in [3.8, 4) is 0 Å². The third kappa shape index (κ3) is 4.29. The summed E-state index contributed by atoms with van der Waals surface area (Å²) in [5.74, 6) is 0.248. The minimum absolute atomic E-state index is 0.147. The molecular formula is C12H19N3O3. The van der Waals surface area contributed by atoms with Gasteiger partial charge in [-0.15, -0.1) is 0 Å². The molecule has 0 aromatic carbocycles. The van der Waals surface area contributed by atoms with Crippen molar-refractivity contribution in [2.45, 2.75) is 26.8 Å². The van der Waals surface area contributed by atoms with Gasteiger partial charge in [-0.1, -0.05) is 13.8 Å². The number of anilines is 1. The van der Waals surface area contributed by atoms with E-state index in [-0.39, 0.29) is 11.9 Å². The first-order chi connectivity index (χ1) is 8.54. The summed E-state index contributed by atoms with van der Waals surface area (Å²) in [6, 6.07) is 3.21. The first kappa shape index (κ1) is 14.4. The van der Waals surface area contributed by atoms with Gasteiger partial charge in [-0.3, -0.25) is 0 Å². The minimum Gasteiger partial charge on any atom is -0.380 e. The van der Waals surface area contributed by atoms with Crippen LogP contribution in [-0.2, 0) is 4.74 Å². The molecule has 0 bridgehead atoms. The van der Waals surface area contributed by atoms with Crippen molar-refractivity contribution in [3.05, 3.63) is 28.4 Å². The van der Waals surface area contributed by atoms with E-state index in [9.17, 15) is 10.1 Å². The van der Waals surface area contributed by atoms with E-state index in [4.69, 9.17) is 4.74 Å². The highest BCUT2D eigenvalue weighted by Gasteiger charge is 2.14. The summed E-state index contributed by atoms with van der Waals surface area (Å²) in [6.07, 6.45) is 1.47. The molecule has 0 saturated heterocycles. The van der Waals surface area contributed by atoms with Crippen molar-refractivity contribution < 1.29 is 9.66 Å². The third-order valence-electron chi connectivity index (χ3n) is 2.59. The van der Waals surface area contributed by atoms with Gasteiger partial charge in [-0.2, -0.15) is 0 Å². The standard InChI is InChI=1S/C12H19N3O3/c1-4-18-8-11(9(2)3)14-10-5-6-12(13-7-10)15(16)17/h5-7,9,11,14H,4,8H2,1-3H3. The molecule has 0 aliphatic carbocycles. The van der Waals surface area contributed by atoms with Gasteiger partial charge >= 0.3 is 5.82 Å². The van der Waals surface area contributed by atoms with Crippen LogP contribution in [0.2, 0.25) is 0 Å². The quantitative estimate of drug-likeness (QED) is 0.596. The number of pyridine rings is 1. The smallest absolute Gasteiger partial charge is 0.363 e. The fourth-order valence-electron chi connectivity index (χ4n) is 1.44. The van der Waals surface area contributed by atoms with Crippen LogP contribution in [0, 0.1) is 16.0 Å². The fourth-order valence-corrected chi connectivity index (χ4v) is 1.44. The van der Waals surface area contributed by atoms with Gasteiger partial charge in [0.2, 0.25) is 0 Å². The lowest BCUT2D eigenvalue weighted by molar-refractivity contribution is -0.389. The Kier molecular flexibility index (Phi) is 5.51. The van der Waals surface area contributed by atoms with Crippen LogP contribution in [0.5, 0.6) is 0 Å². The molecule has 0 amide bonds. The Morgan fingerprint density at radius 1 is 1.50 bits per heavy atom. The molecule has 1 aromatic heterocycles. The summed E-state index contributed by atoms with van der Waals surface area (Å²) >= 11 is 0. The number of ether oxygens (including phenoxy) is 1. The lowest BCUT2D eigenvalue weighted by atomic mass is 10.1. The van der Waals surface area contributed by atoms with Gasteiger partial charge in [0, 0.05) is 12.7 Å². The van der Waals surface area contributed by atoms with Crippen LogP contribution in [0.25, 0.3) is 0 Å². The molecule has 0 aliphatic heterocycles. The van der Waals surface area contributed by atoms with Gasteiger partial charge in [0.1, 0.15) is 0 Å². The summed E-state index contributed by atoms with van der Waals surface area (Å²) < 4.78 is 5.40. The van der Waals surface area contributed by atoms with Crippen molar-refractivity contribution in [1.82, 2.24) is 4.98 Å². The molecule has 1 heterocycles. The van der Waals surface area contributed by atoms with Crippen LogP contribution in [0.15, 0.2) is 18.3 Å². The van der Waals surface area contributed by atoms with Gasteiger partial charge in [-0.05, 0) is 28.8 Å². The Bertz CT molecular complexity index is 379. The summed E-state index contributed by atoms with van der Waals surface area (Å²) in [5.41, 5.74) is 0.763. The second-order valence-electron chi connectivity index (χ2n) is 4.32. The minimum atomic E-state index is -0.510. The van der Waals surface area contributed by atoms with Crippen LogP contribution >= 0.6 is 0 Å². The Balaban J connectivity index is 2.65. The van der Waals surface area contributed by atoms with Crippen molar-refractivity contribution >= 4 is 11.5 Å². The molecular weight excluding hydrogens is 234 g/mol. The molecule has 1 aromatic rings. The van der Waals surface area contributed by atoms with Crippen LogP contribution < -0.4 is 5.32 Å². The van der Waals surface area contributed by atoms with E-state index < -0.39 is 4.92 Å². The second kappa shape index (κ2) is 6.90. The molecule has 1 N–H and O–H groups in total. The van der Waals surface area contributed by atoms with E-state index in [1.807, 2.05) is 6.92 Å². The summed E-state index contributed by atoms with van der Waals surface area (Å²) in [7, 11) is 0. The van der Waals surface area contributed by atoms with Gasteiger partial charge < -0.3 is 20.2 Å². The predicted octanol–water partition coefficient (Wildman–Crippen LogP) is 2.46. The first-order valence-corrected chi connectivity index (χ1v) is 5.99. The Labute approximate surface area is 107 Å². The molecule has 0 radical (unpaired) electrons. The van der Waals surface area contributed by atoms with Crippen LogP contribution in [0.3, 0.4) is 0 Å². The first-order valence-electron chi connectivity index (χ1n) is 5.99. The summed E-state index contributed by atoms with van der Waals surface area (Å²) in [6.45, 7) is 7.41. The fraction of sp³-hybridized carbons (Fsp3) is 0.583.